The van der Waals surface area contributed by atoms with E-state index >= 15 is 0 Å². The van der Waals surface area contributed by atoms with Crippen molar-refractivity contribution in [3.05, 3.63) is 71.3 Å². The molecule has 2 bridgehead atoms. The molecule has 0 N–H and O–H groups in total. The molecule has 2 saturated carbocycles. The van der Waals surface area contributed by atoms with Gasteiger partial charge in [-0.1, -0.05) is 68.5 Å². The van der Waals surface area contributed by atoms with Crippen molar-refractivity contribution in [2.75, 3.05) is 26.8 Å². The first-order valence-electron chi connectivity index (χ1n) is 15.2. The monoisotopic (exact) mass is 509 g/mol. The van der Waals surface area contributed by atoms with E-state index in [0.717, 1.165) is 19.8 Å². The number of rotatable bonds is 4. The summed E-state index contributed by atoms with van der Waals surface area (Å²) in [5.74, 6) is 1.21. The van der Waals surface area contributed by atoms with Crippen molar-refractivity contribution in [3.8, 4) is 0 Å². The molecule has 2 saturated heterocycles. The van der Waals surface area contributed by atoms with Crippen molar-refractivity contribution in [2.45, 2.75) is 88.4 Å². The summed E-state index contributed by atoms with van der Waals surface area (Å²) in [4.78, 5) is 2.64. The average Bonchev–Trinajstić information content (AvgIpc) is 3.42. The van der Waals surface area contributed by atoms with Crippen LogP contribution in [0.4, 0.5) is 0 Å². The van der Waals surface area contributed by atoms with Crippen molar-refractivity contribution < 1.29 is 9.47 Å². The molecule has 6 atom stereocenters. The van der Waals surface area contributed by atoms with Crippen LogP contribution in [0.5, 0.6) is 0 Å². The predicted octanol–water partition coefficient (Wildman–Crippen LogP) is 7.42. The summed E-state index contributed by atoms with van der Waals surface area (Å²) in [5.41, 5.74) is 5.15. The maximum absolute atomic E-state index is 7.58. The van der Waals surface area contributed by atoms with Gasteiger partial charge in [-0.2, -0.15) is 0 Å². The van der Waals surface area contributed by atoms with Crippen molar-refractivity contribution in [1.82, 2.24) is 4.90 Å². The van der Waals surface area contributed by atoms with Gasteiger partial charge in [0, 0.05) is 18.0 Å². The molecule has 0 unspecified atom stereocenters. The lowest BCUT2D eigenvalue weighted by molar-refractivity contribution is -0.147. The van der Waals surface area contributed by atoms with Gasteiger partial charge < -0.3 is 14.4 Å². The Kier molecular flexibility index (Phi) is 5.07. The van der Waals surface area contributed by atoms with Crippen molar-refractivity contribution in [1.29, 1.82) is 0 Å². The van der Waals surface area contributed by atoms with E-state index in [0.29, 0.717) is 23.3 Å². The molecule has 0 aromatic heterocycles. The Labute approximate surface area is 228 Å². The average molecular weight is 510 g/mol. The van der Waals surface area contributed by atoms with Gasteiger partial charge in [-0.25, -0.2) is 0 Å². The summed E-state index contributed by atoms with van der Waals surface area (Å²) < 4.78 is 13.1. The zero-order valence-corrected chi connectivity index (χ0v) is 23.5. The molecule has 0 amide bonds. The Bertz CT molecular complexity index is 1350. The Balaban J connectivity index is 1.10. The normalized spacial score (nSPS) is 40.7. The first-order valence-corrected chi connectivity index (χ1v) is 15.2. The van der Waals surface area contributed by atoms with Crippen LogP contribution in [-0.2, 0) is 9.47 Å². The molecular formula is C35H43NO2. The number of nitrogens with zero attached hydrogens (tertiary/aromatic N) is 1. The van der Waals surface area contributed by atoms with Crippen LogP contribution in [0.2, 0.25) is 0 Å². The Morgan fingerprint density at radius 3 is 2.63 bits per heavy atom. The van der Waals surface area contributed by atoms with E-state index < -0.39 is 0 Å². The highest BCUT2D eigenvalue weighted by Crippen LogP contribution is 2.69. The Hall–Kier alpha value is -1.94. The molecule has 3 aliphatic heterocycles. The fourth-order valence-corrected chi connectivity index (χ4v) is 10.0. The van der Waals surface area contributed by atoms with Crippen LogP contribution in [0.1, 0.15) is 76.7 Å². The highest BCUT2D eigenvalue weighted by atomic mass is 16.5. The highest BCUT2D eigenvalue weighted by Gasteiger charge is 2.66. The number of hydrogen-bond donors (Lipinski definition) is 0. The van der Waals surface area contributed by atoms with Crippen LogP contribution in [0, 0.1) is 16.7 Å². The third-order valence-electron chi connectivity index (χ3n) is 12.0. The maximum Gasteiger partial charge on any atom is 0.0974 e. The zero-order valence-electron chi connectivity index (χ0n) is 23.5. The number of hydrogen-bond acceptors (Lipinski definition) is 3. The van der Waals surface area contributed by atoms with Gasteiger partial charge in [0.2, 0.25) is 0 Å². The lowest BCUT2D eigenvalue weighted by atomic mass is 9.58. The van der Waals surface area contributed by atoms with E-state index in [-0.39, 0.29) is 16.6 Å². The molecule has 38 heavy (non-hydrogen) atoms. The summed E-state index contributed by atoms with van der Waals surface area (Å²) in [5, 5.41) is 2.73. The molecule has 3 nitrogen and oxygen atoms in total. The molecular weight excluding hydrogens is 466 g/mol. The molecule has 2 aromatic carbocycles. The number of fused-ring (bicyclic) bond motifs is 2. The second-order valence-electron chi connectivity index (χ2n) is 14.4. The fourth-order valence-electron chi connectivity index (χ4n) is 10.0. The molecule has 2 spiro atoms. The van der Waals surface area contributed by atoms with Gasteiger partial charge >= 0.3 is 0 Å². The highest BCUT2D eigenvalue weighted by molar-refractivity contribution is 5.83. The van der Waals surface area contributed by atoms with Crippen molar-refractivity contribution >= 4 is 10.8 Å². The first kappa shape index (κ1) is 23.9. The molecule has 0 radical (unpaired) electrons. The summed E-state index contributed by atoms with van der Waals surface area (Å²) in [6, 6.07) is 16.7. The molecule has 4 fully saturated rings. The minimum absolute atomic E-state index is 0.0369. The summed E-state index contributed by atoms with van der Waals surface area (Å²) in [7, 11) is 2.35. The quantitative estimate of drug-likeness (QED) is 0.428. The first-order chi connectivity index (χ1) is 18.3. The van der Waals surface area contributed by atoms with Crippen LogP contribution in [0.3, 0.4) is 0 Å². The standard InChI is InChI=1S/C35H43NO2/c1-32(22-37-23-32)21-36(3)29-11-10-27-19-28-14-15-33(2)30(26-9-8-24-6-4-5-7-25(24)18-26)12-13-31(33)35(28)17-16-34(27,20-29)38-35/h4-9,14,18-19,29-31H,10-13,15-17,20-23H2,1-3H3/t29-,30-,31-,33-,34-,35-/m1/s1. The molecule has 3 aliphatic carbocycles. The van der Waals surface area contributed by atoms with E-state index in [1.54, 1.807) is 5.57 Å². The van der Waals surface area contributed by atoms with Crippen LogP contribution in [0.25, 0.3) is 10.8 Å². The summed E-state index contributed by atoms with van der Waals surface area (Å²) >= 11 is 0. The number of allylic oxidation sites excluding steroid dienone is 1. The van der Waals surface area contributed by atoms with E-state index in [1.807, 2.05) is 0 Å². The second-order valence-corrected chi connectivity index (χ2v) is 14.4. The lowest BCUT2D eigenvalue weighted by Crippen LogP contribution is -2.56. The molecule has 8 rings (SSSR count). The van der Waals surface area contributed by atoms with E-state index in [4.69, 9.17) is 9.47 Å². The molecule has 6 aliphatic rings. The largest absolute Gasteiger partial charge is 0.380 e. The van der Waals surface area contributed by atoms with E-state index in [9.17, 15) is 0 Å². The van der Waals surface area contributed by atoms with Gasteiger partial charge in [-0.05, 0) is 103 Å². The van der Waals surface area contributed by atoms with Crippen molar-refractivity contribution in [3.63, 3.8) is 0 Å². The summed E-state index contributed by atoms with van der Waals surface area (Å²) in [6.07, 6.45) is 15.0. The number of benzene rings is 2. The maximum atomic E-state index is 7.58. The third kappa shape index (κ3) is 3.25. The molecule has 3 heteroatoms. The van der Waals surface area contributed by atoms with Crippen LogP contribution in [-0.4, -0.2) is 49.0 Å². The van der Waals surface area contributed by atoms with Gasteiger partial charge in [0.15, 0.2) is 0 Å². The summed E-state index contributed by atoms with van der Waals surface area (Å²) in [6.45, 7) is 7.93. The molecule has 2 aromatic rings. The Morgan fingerprint density at radius 2 is 1.82 bits per heavy atom. The lowest BCUT2D eigenvalue weighted by Gasteiger charge is -2.55. The van der Waals surface area contributed by atoms with Crippen LogP contribution >= 0.6 is 0 Å². The third-order valence-corrected chi connectivity index (χ3v) is 12.0. The van der Waals surface area contributed by atoms with Gasteiger partial charge in [0.25, 0.3) is 0 Å². The molecule has 3 heterocycles. The Morgan fingerprint density at radius 1 is 0.974 bits per heavy atom. The minimum Gasteiger partial charge on any atom is -0.380 e. The van der Waals surface area contributed by atoms with Gasteiger partial charge in [-0.3, -0.25) is 0 Å². The SMILES string of the molecule is CN(CC1(C)COC1)[C@@H]1CCC2=CC3=CC[C@]4(C)[C@@H](c5ccc6ccccc6c5)CC[C@H]4[C@@]34CC[C@]2(C1)O4. The topological polar surface area (TPSA) is 21.7 Å². The van der Waals surface area contributed by atoms with Gasteiger partial charge in [0.05, 0.1) is 24.4 Å². The van der Waals surface area contributed by atoms with E-state index in [2.05, 4.69) is 80.4 Å². The van der Waals surface area contributed by atoms with Gasteiger partial charge in [0.1, 0.15) is 0 Å². The fraction of sp³-hybridized carbons (Fsp3) is 0.600. The minimum atomic E-state index is -0.0731. The van der Waals surface area contributed by atoms with Crippen LogP contribution in [0.15, 0.2) is 65.8 Å². The van der Waals surface area contributed by atoms with Crippen molar-refractivity contribution in [2.24, 2.45) is 16.7 Å². The number of ether oxygens (including phenoxy) is 2. The smallest absolute Gasteiger partial charge is 0.0974 e. The zero-order chi connectivity index (χ0) is 25.8. The predicted molar refractivity (Wildman–Crippen MR) is 153 cm³/mol. The van der Waals surface area contributed by atoms with E-state index in [1.165, 1.54) is 73.3 Å². The van der Waals surface area contributed by atoms with Crippen LogP contribution < -0.4 is 0 Å². The van der Waals surface area contributed by atoms with Gasteiger partial charge in [-0.15, -0.1) is 0 Å². The second kappa shape index (κ2) is 8.05. The molecule has 200 valence electrons.